The Kier molecular flexibility index (Phi) is 9.92. The first-order chi connectivity index (χ1) is 17.0. The fourth-order valence-electron chi connectivity index (χ4n) is 3.25. The lowest BCUT2D eigenvalue weighted by Crippen LogP contribution is -2.23. The van der Waals surface area contributed by atoms with Gasteiger partial charge < -0.3 is 10.2 Å². The average molecular weight is 519 g/mol. The normalized spacial score (nSPS) is 12.8. The molecule has 1 amide bonds. The summed E-state index contributed by atoms with van der Waals surface area (Å²) in [5, 5.41) is 2.45. The van der Waals surface area contributed by atoms with Crippen LogP contribution in [0.3, 0.4) is 0 Å². The van der Waals surface area contributed by atoms with Crippen LogP contribution < -0.4 is 10.7 Å². The van der Waals surface area contributed by atoms with Gasteiger partial charge >= 0.3 is 6.18 Å². The van der Waals surface area contributed by atoms with E-state index in [2.05, 4.69) is 23.5 Å². The minimum atomic E-state index is -4.82. The summed E-state index contributed by atoms with van der Waals surface area (Å²) < 4.78 is 44.0. The summed E-state index contributed by atoms with van der Waals surface area (Å²) in [6.45, 7) is 11.0. The standard InChI is InChI=1S/C26H29F3N4O2S/c1-7-11-17(10-4)30-21-15-20(34)24-19(26(27,28)29)14-22(36-16-23(35)32(5)6)31-25(24)33(21)18(12-8-2)13-9-3/h7-8,10-15,30H,1,4,9,16H2,2-3,5-6H3/b12-8-,17-11+,18-13+. The number of nitrogens with one attached hydrogen (secondary N) is 1. The maximum absolute atomic E-state index is 14.2. The van der Waals surface area contributed by atoms with Crippen molar-refractivity contribution in [2.45, 2.75) is 31.5 Å². The Morgan fingerprint density at radius 1 is 1.28 bits per heavy atom. The van der Waals surface area contributed by atoms with E-state index < -0.39 is 22.6 Å². The molecule has 2 aromatic heterocycles. The molecule has 0 aliphatic rings. The van der Waals surface area contributed by atoms with E-state index in [4.69, 9.17) is 0 Å². The molecule has 2 aromatic rings. The topological polar surface area (TPSA) is 67.2 Å². The van der Waals surface area contributed by atoms with Gasteiger partial charge in [0.15, 0.2) is 11.1 Å². The van der Waals surface area contributed by atoms with Gasteiger partial charge in [0, 0.05) is 31.6 Å². The first kappa shape index (κ1) is 28.7. The van der Waals surface area contributed by atoms with Gasteiger partial charge in [0.2, 0.25) is 5.91 Å². The van der Waals surface area contributed by atoms with Crippen LogP contribution >= 0.6 is 11.8 Å². The minimum absolute atomic E-state index is 0.0303. The molecule has 10 heteroatoms. The number of nitrogens with zero attached hydrogens (tertiary/aromatic N) is 3. The molecule has 0 saturated carbocycles. The average Bonchev–Trinajstić information content (AvgIpc) is 2.81. The Balaban J connectivity index is 3.03. The Morgan fingerprint density at radius 3 is 2.50 bits per heavy atom. The zero-order chi connectivity index (χ0) is 27.0. The molecule has 0 aliphatic carbocycles. The largest absolute Gasteiger partial charge is 0.417 e. The maximum atomic E-state index is 14.2. The smallest absolute Gasteiger partial charge is 0.348 e. The molecule has 6 nitrogen and oxygen atoms in total. The molecule has 0 radical (unpaired) electrons. The molecular formula is C26H29F3N4O2S. The van der Waals surface area contributed by atoms with Crippen LogP contribution in [-0.2, 0) is 11.0 Å². The number of anilines is 1. The summed E-state index contributed by atoms with van der Waals surface area (Å²) in [5.41, 5.74) is -1.14. The molecule has 192 valence electrons. The Morgan fingerprint density at radius 2 is 1.97 bits per heavy atom. The van der Waals surface area contributed by atoms with Crippen LogP contribution in [-0.4, -0.2) is 40.2 Å². The van der Waals surface area contributed by atoms with Crippen molar-refractivity contribution in [1.82, 2.24) is 14.5 Å². The van der Waals surface area contributed by atoms with E-state index in [1.807, 2.05) is 13.0 Å². The van der Waals surface area contributed by atoms with Crippen molar-refractivity contribution in [3.8, 4) is 0 Å². The number of aromatic nitrogens is 2. The molecule has 36 heavy (non-hydrogen) atoms. The van der Waals surface area contributed by atoms with Crippen molar-refractivity contribution in [2.24, 2.45) is 0 Å². The molecule has 0 fully saturated rings. The number of pyridine rings is 2. The van der Waals surface area contributed by atoms with Crippen LogP contribution in [0.4, 0.5) is 19.0 Å². The number of hydrogen-bond acceptors (Lipinski definition) is 5. The lowest BCUT2D eigenvalue weighted by Gasteiger charge is -2.21. The summed E-state index contributed by atoms with van der Waals surface area (Å²) >= 11 is 0.871. The summed E-state index contributed by atoms with van der Waals surface area (Å²) in [5.74, 6) is -0.195. The van der Waals surface area contributed by atoms with Gasteiger partial charge in [0.05, 0.1) is 21.7 Å². The van der Waals surface area contributed by atoms with Crippen molar-refractivity contribution in [2.75, 3.05) is 25.2 Å². The Labute approximate surface area is 212 Å². The van der Waals surface area contributed by atoms with Crippen LogP contribution in [0.2, 0.25) is 0 Å². The number of alkyl halides is 3. The monoisotopic (exact) mass is 518 g/mol. The van der Waals surface area contributed by atoms with Gasteiger partial charge in [-0.2, -0.15) is 13.2 Å². The number of hydrogen-bond donors (Lipinski definition) is 1. The van der Waals surface area contributed by atoms with E-state index in [1.54, 1.807) is 39.2 Å². The summed E-state index contributed by atoms with van der Waals surface area (Å²) in [6.07, 6.45) is 5.63. The van der Waals surface area contributed by atoms with Crippen molar-refractivity contribution in [1.29, 1.82) is 0 Å². The number of fused-ring (bicyclic) bond motifs is 1. The van der Waals surface area contributed by atoms with E-state index >= 15 is 0 Å². The van der Waals surface area contributed by atoms with E-state index in [-0.39, 0.29) is 28.2 Å². The molecule has 2 heterocycles. The first-order valence-electron chi connectivity index (χ1n) is 11.0. The van der Waals surface area contributed by atoms with Gasteiger partial charge in [-0.25, -0.2) is 4.98 Å². The molecule has 0 spiro atoms. The number of carbonyl (C=O) groups excluding carboxylic acids is 1. The summed E-state index contributed by atoms with van der Waals surface area (Å²) in [6, 6.07) is 1.93. The molecule has 2 rings (SSSR count). The van der Waals surface area contributed by atoms with Gasteiger partial charge in [-0.1, -0.05) is 50.1 Å². The predicted octanol–water partition coefficient (Wildman–Crippen LogP) is 6.09. The lowest BCUT2D eigenvalue weighted by molar-refractivity contribution is -0.136. The van der Waals surface area contributed by atoms with Crippen LogP contribution in [0.1, 0.15) is 25.8 Å². The quantitative estimate of drug-likeness (QED) is 0.305. The zero-order valence-corrected chi connectivity index (χ0v) is 21.5. The molecule has 0 saturated heterocycles. The molecule has 1 N–H and O–H groups in total. The van der Waals surface area contributed by atoms with Gasteiger partial charge in [-0.15, -0.1) is 0 Å². The third-order valence-corrected chi connectivity index (χ3v) is 5.79. The summed E-state index contributed by atoms with van der Waals surface area (Å²) in [7, 11) is 3.11. The molecule has 0 aromatic carbocycles. The second-order valence-electron chi connectivity index (χ2n) is 7.73. The van der Waals surface area contributed by atoms with Crippen molar-refractivity contribution in [3.05, 3.63) is 83.2 Å². The summed E-state index contributed by atoms with van der Waals surface area (Å²) in [4.78, 5) is 30.9. The Bertz CT molecular complexity index is 1300. The highest BCUT2D eigenvalue weighted by Crippen LogP contribution is 2.37. The van der Waals surface area contributed by atoms with E-state index in [9.17, 15) is 22.8 Å². The molecule has 0 bridgehead atoms. The lowest BCUT2D eigenvalue weighted by atomic mass is 10.1. The molecular weight excluding hydrogens is 489 g/mol. The highest BCUT2D eigenvalue weighted by Gasteiger charge is 2.35. The fourth-order valence-corrected chi connectivity index (χ4v) is 4.14. The van der Waals surface area contributed by atoms with Crippen molar-refractivity contribution >= 4 is 40.2 Å². The van der Waals surface area contributed by atoms with Crippen LogP contribution in [0.25, 0.3) is 16.7 Å². The van der Waals surface area contributed by atoms with Gasteiger partial charge in [-0.05, 0) is 37.6 Å². The first-order valence-corrected chi connectivity index (χ1v) is 12.0. The third kappa shape index (κ3) is 6.78. The van der Waals surface area contributed by atoms with Gasteiger partial charge in [-0.3, -0.25) is 14.2 Å². The molecule has 0 atom stereocenters. The van der Waals surface area contributed by atoms with Crippen LogP contribution in [0.5, 0.6) is 0 Å². The number of allylic oxidation sites excluding steroid dienone is 7. The minimum Gasteiger partial charge on any atom is -0.348 e. The van der Waals surface area contributed by atoms with Crippen molar-refractivity contribution < 1.29 is 18.0 Å². The number of halogens is 3. The van der Waals surface area contributed by atoms with Gasteiger partial charge in [0.1, 0.15) is 5.82 Å². The number of amides is 1. The number of carbonyl (C=O) groups is 1. The van der Waals surface area contributed by atoms with Crippen molar-refractivity contribution in [3.63, 3.8) is 0 Å². The maximum Gasteiger partial charge on any atom is 0.417 e. The van der Waals surface area contributed by atoms with E-state index in [1.165, 1.54) is 21.6 Å². The second-order valence-corrected chi connectivity index (χ2v) is 8.73. The highest BCUT2D eigenvalue weighted by molar-refractivity contribution is 7.99. The zero-order valence-electron chi connectivity index (χ0n) is 20.6. The number of rotatable bonds is 10. The van der Waals surface area contributed by atoms with Gasteiger partial charge in [0.25, 0.3) is 0 Å². The van der Waals surface area contributed by atoms with Crippen LogP contribution in [0.15, 0.2) is 77.3 Å². The molecule has 0 unspecified atom stereocenters. The third-order valence-electron chi connectivity index (χ3n) is 4.89. The Hall–Kier alpha value is -3.53. The van der Waals surface area contributed by atoms with E-state index in [0.717, 1.165) is 23.9 Å². The second kappa shape index (κ2) is 12.4. The highest BCUT2D eigenvalue weighted by atomic mass is 32.2. The van der Waals surface area contributed by atoms with E-state index in [0.29, 0.717) is 17.8 Å². The number of thioether (sulfide) groups is 1. The predicted molar refractivity (Wildman–Crippen MR) is 142 cm³/mol. The fraction of sp³-hybridized carbons (Fsp3) is 0.269. The molecule has 0 aliphatic heterocycles. The van der Waals surface area contributed by atoms with Crippen LogP contribution in [0, 0.1) is 0 Å². The SMILES string of the molecule is C=C/C=C(\C=C)Nc1cc(=O)c2c(C(F)(F)F)cc(SCC(=O)N(C)C)nc2n1C(/C=C\C)=C/CC.